The average molecular weight is 495 g/mol. The lowest BCUT2D eigenvalue weighted by molar-refractivity contribution is -0.117. The third-order valence-electron chi connectivity index (χ3n) is 6.36. The molecule has 0 aliphatic rings. The van der Waals surface area contributed by atoms with Gasteiger partial charge in [0.05, 0.1) is 5.69 Å². The monoisotopic (exact) mass is 494 g/mol. The fourth-order valence-corrected chi connectivity index (χ4v) is 4.10. The van der Waals surface area contributed by atoms with Crippen molar-refractivity contribution in [3.63, 3.8) is 0 Å². The van der Waals surface area contributed by atoms with Crippen LogP contribution in [0.1, 0.15) is 55.1 Å². The van der Waals surface area contributed by atoms with Crippen LogP contribution in [0, 0.1) is 6.92 Å². The van der Waals surface area contributed by atoms with Gasteiger partial charge in [-0.2, -0.15) is 0 Å². The summed E-state index contributed by atoms with van der Waals surface area (Å²) >= 11 is 0. The highest BCUT2D eigenvalue weighted by molar-refractivity contribution is 5.99. The first-order valence-electron chi connectivity index (χ1n) is 12.7. The van der Waals surface area contributed by atoms with Crippen LogP contribution in [-0.4, -0.2) is 38.9 Å². The number of benzene rings is 3. The minimum absolute atomic E-state index is 0.0792. The molecule has 0 spiro atoms. The van der Waals surface area contributed by atoms with E-state index in [1.165, 1.54) is 5.56 Å². The van der Waals surface area contributed by atoms with Crippen LogP contribution in [0.2, 0.25) is 0 Å². The van der Waals surface area contributed by atoms with Gasteiger partial charge in [0.25, 0.3) is 5.91 Å². The number of aromatic nitrogens is 2. The summed E-state index contributed by atoms with van der Waals surface area (Å²) in [5.41, 5.74) is 5.47. The second-order valence-corrected chi connectivity index (χ2v) is 9.87. The largest absolute Gasteiger partial charge is 0.327 e. The normalized spacial score (nSPS) is 11.1. The molecule has 0 saturated heterocycles. The number of rotatable bonds is 8. The Labute approximate surface area is 219 Å². The van der Waals surface area contributed by atoms with E-state index < -0.39 is 0 Å². The first-order valence-corrected chi connectivity index (χ1v) is 12.7. The molecule has 0 radical (unpaired) electrons. The third-order valence-corrected chi connectivity index (χ3v) is 6.36. The van der Waals surface area contributed by atoms with Crippen LogP contribution in [0.5, 0.6) is 0 Å². The van der Waals surface area contributed by atoms with Gasteiger partial charge in [0.2, 0.25) is 11.9 Å². The zero-order valence-corrected chi connectivity index (χ0v) is 22.1. The molecular formula is C31H34N4O2. The van der Waals surface area contributed by atoms with Gasteiger partial charge in [-0.3, -0.25) is 19.5 Å². The van der Waals surface area contributed by atoms with Gasteiger partial charge in [0, 0.05) is 29.1 Å². The van der Waals surface area contributed by atoms with E-state index >= 15 is 0 Å². The van der Waals surface area contributed by atoms with E-state index in [1.54, 1.807) is 17.0 Å². The number of amides is 2. The molecule has 0 saturated carbocycles. The maximum atomic E-state index is 13.2. The minimum Gasteiger partial charge on any atom is -0.327 e. The lowest BCUT2D eigenvalue weighted by Gasteiger charge is -2.26. The summed E-state index contributed by atoms with van der Waals surface area (Å²) in [6.07, 6.45) is 1.92. The first-order chi connectivity index (χ1) is 17.7. The minimum atomic E-state index is -0.306. The van der Waals surface area contributed by atoms with Gasteiger partial charge in [-0.15, -0.1) is 0 Å². The van der Waals surface area contributed by atoms with E-state index in [9.17, 15) is 9.59 Å². The molecule has 1 heterocycles. The molecule has 3 aromatic carbocycles. The van der Waals surface area contributed by atoms with E-state index in [0.717, 1.165) is 22.5 Å². The molecule has 190 valence electrons. The molecule has 0 aliphatic carbocycles. The van der Waals surface area contributed by atoms with Crippen molar-refractivity contribution in [3.05, 3.63) is 102 Å². The van der Waals surface area contributed by atoms with Crippen LogP contribution in [-0.2, 0) is 4.79 Å². The van der Waals surface area contributed by atoms with Crippen LogP contribution in [0.3, 0.4) is 0 Å². The van der Waals surface area contributed by atoms with Gasteiger partial charge in [0.1, 0.15) is 6.54 Å². The number of nitrogens with zero attached hydrogens (tertiary/aromatic N) is 3. The number of carbonyl (C=O) groups excluding carboxylic acids is 2. The van der Waals surface area contributed by atoms with Gasteiger partial charge in [-0.1, -0.05) is 74.0 Å². The van der Waals surface area contributed by atoms with E-state index in [0.29, 0.717) is 17.4 Å². The van der Waals surface area contributed by atoms with Gasteiger partial charge in [-0.25, -0.2) is 4.98 Å². The zero-order chi connectivity index (χ0) is 26.5. The Morgan fingerprint density at radius 3 is 2.14 bits per heavy atom. The number of aryl methyl sites for hydroxylation is 1. The molecule has 0 bridgehead atoms. The molecule has 2 amide bonds. The number of carbonyl (C=O) groups is 2. The van der Waals surface area contributed by atoms with Gasteiger partial charge < -0.3 is 4.90 Å². The van der Waals surface area contributed by atoms with Crippen molar-refractivity contribution >= 4 is 17.8 Å². The predicted octanol–water partition coefficient (Wildman–Crippen LogP) is 6.46. The van der Waals surface area contributed by atoms with Gasteiger partial charge in [0.15, 0.2) is 0 Å². The first kappa shape index (κ1) is 25.9. The molecule has 0 unspecified atom stereocenters. The number of anilines is 1. The predicted molar refractivity (Wildman–Crippen MR) is 149 cm³/mol. The summed E-state index contributed by atoms with van der Waals surface area (Å²) in [6, 6.07) is 25.3. The van der Waals surface area contributed by atoms with Crippen molar-refractivity contribution in [2.24, 2.45) is 0 Å². The Morgan fingerprint density at radius 1 is 0.892 bits per heavy atom. The number of hydrogen-bond donors (Lipinski definition) is 1. The Bertz CT molecular complexity index is 1350. The summed E-state index contributed by atoms with van der Waals surface area (Å²) in [7, 11) is 0. The summed E-state index contributed by atoms with van der Waals surface area (Å²) in [5.74, 6) is 0.346. The molecule has 4 aromatic rings. The second-order valence-electron chi connectivity index (χ2n) is 9.87. The molecule has 0 fully saturated rings. The molecule has 4 rings (SSSR count). The standard InChI is InChI=1S/C31H34N4O2/c1-21(2)24-15-17-27(18-16-24)35-19-28(25-9-7-6-8-10-25)32-31(35)33-29(36)20-34(22(3)4)30(37)26-13-11-23(5)12-14-26/h6-19,21-22H,20H2,1-5H3,(H,32,33,36). The quantitative estimate of drug-likeness (QED) is 0.306. The summed E-state index contributed by atoms with van der Waals surface area (Å²) in [4.78, 5) is 32.7. The van der Waals surface area contributed by atoms with Crippen LogP contribution in [0.25, 0.3) is 16.9 Å². The number of hydrogen-bond acceptors (Lipinski definition) is 3. The Kier molecular flexibility index (Phi) is 7.87. The molecule has 0 atom stereocenters. The second kappa shape index (κ2) is 11.2. The molecule has 6 heteroatoms. The average Bonchev–Trinajstić information content (AvgIpc) is 3.31. The van der Waals surface area contributed by atoms with Gasteiger partial charge >= 0.3 is 0 Å². The maximum absolute atomic E-state index is 13.2. The van der Waals surface area contributed by atoms with E-state index in [2.05, 4.69) is 31.3 Å². The van der Waals surface area contributed by atoms with Crippen LogP contribution in [0.15, 0.2) is 85.1 Å². The number of nitrogens with one attached hydrogen (secondary N) is 1. The molecule has 1 aromatic heterocycles. The SMILES string of the molecule is Cc1ccc(C(=O)N(CC(=O)Nc2nc(-c3ccccc3)cn2-c2ccc(C(C)C)cc2)C(C)C)cc1. The molecule has 1 N–H and O–H groups in total. The molecule has 37 heavy (non-hydrogen) atoms. The van der Waals surface area contributed by atoms with Crippen LogP contribution >= 0.6 is 0 Å². The van der Waals surface area contributed by atoms with Crippen LogP contribution in [0.4, 0.5) is 5.95 Å². The van der Waals surface area contributed by atoms with Crippen molar-refractivity contribution in [2.45, 2.75) is 46.6 Å². The third kappa shape index (κ3) is 6.15. The maximum Gasteiger partial charge on any atom is 0.254 e. The van der Waals surface area contributed by atoms with Crippen LogP contribution < -0.4 is 5.32 Å². The van der Waals surface area contributed by atoms with E-state index in [1.807, 2.05) is 86.1 Å². The Hall–Kier alpha value is -4.19. The van der Waals surface area contributed by atoms with Crippen molar-refractivity contribution < 1.29 is 9.59 Å². The van der Waals surface area contributed by atoms with Crippen molar-refractivity contribution in [1.82, 2.24) is 14.5 Å². The summed E-state index contributed by atoms with van der Waals surface area (Å²) < 4.78 is 1.88. The highest BCUT2D eigenvalue weighted by Gasteiger charge is 2.23. The van der Waals surface area contributed by atoms with Crippen molar-refractivity contribution in [2.75, 3.05) is 11.9 Å². The smallest absolute Gasteiger partial charge is 0.254 e. The summed E-state index contributed by atoms with van der Waals surface area (Å²) in [5, 5.41) is 2.96. The lowest BCUT2D eigenvalue weighted by atomic mass is 10.0. The Morgan fingerprint density at radius 2 is 1.54 bits per heavy atom. The molecular weight excluding hydrogens is 460 g/mol. The highest BCUT2D eigenvalue weighted by atomic mass is 16.2. The van der Waals surface area contributed by atoms with Crippen molar-refractivity contribution in [1.29, 1.82) is 0 Å². The topological polar surface area (TPSA) is 67.2 Å². The number of imidazole rings is 1. The van der Waals surface area contributed by atoms with E-state index in [-0.39, 0.29) is 24.4 Å². The fourth-order valence-electron chi connectivity index (χ4n) is 4.10. The molecule has 6 nitrogen and oxygen atoms in total. The lowest BCUT2D eigenvalue weighted by Crippen LogP contribution is -2.42. The Balaban J connectivity index is 1.61. The van der Waals surface area contributed by atoms with E-state index in [4.69, 9.17) is 4.98 Å². The highest BCUT2D eigenvalue weighted by Crippen LogP contribution is 2.25. The zero-order valence-electron chi connectivity index (χ0n) is 22.1. The fraction of sp³-hybridized carbons (Fsp3) is 0.258. The molecule has 0 aliphatic heterocycles. The van der Waals surface area contributed by atoms with Gasteiger partial charge in [-0.05, 0) is 56.5 Å². The summed E-state index contributed by atoms with van der Waals surface area (Å²) in [6.45, 7) is 10.0. The van der Waals surface area contributed by atoms with Crippen molar-refractivity contribution in [3.8, 4) is 16.9 Å².